The molecule has 2 unspecified atom stereocenters. The van der Waals surface area contributed by atoms with E-state index in [1.165, 1.54) is 89.9 Å². The summed E-state index contributed by atoms with van der Waals surface area (Å²) in [6.45, 7) is 7.76. The van der Waals surface area contributed by atoms with Gasteiger partial charge < -0.3 is 11.1 Å². The van der Waals surface area contributed by atoms with Gasteiger partial charge in [0.15, 0.2) is 0 Å². The Kier molecular flexibility index (Phi) is 6.66. The third kappa shape index (κ3) is 3.84. The van der Waals surface area contributed by atoms with Crippen LogP contribution in [0.3, 0.4) is 0 Å². The minimum Gasteiger partial charge on any atom is -0.401 e. The summed E-state index contributed by atoms with van der Waals surface area (Å²) in [6, 6.07) is 0. The van der Waals surface area contributed by atoms with Crippen LogP contribution in [0.1, 0.15) is 96.8 Å². The normalized spacial score (nSPS) is 26.7. The molecular weight excluding hydrogens is 304 g/mol. The van der Waals surface area contributed by atoms with Gasteiger partial charge in [-0.2, -0.15) is 0 Å². The molecule has 1 fully saturated rings. The Morgan fingerprint density at radius 1 is 1.04 bits per heavy atom. The third-order valence-corrected chi connectivity index (χ3v) is 7.32. The lowest BCUT2D eigenvalue weighted by Gasteiger charge is -2.53. The van der Waals surface area contributed by atoms with Crippen LogP contribution in [0.15, 0.2) is 23.4 Å². The molecule has 1 saturated carbocycles. The van der Waals surface area contributed by atoms with Crippen LogP contribution < -0.4 is 11.1 Å². The summed E-state index contributed by atoms with van der Waals surface area (Å²) in [5, 5.41) is 4.06. The molecule has 2 nitrogen and oxygen atoms in total. The zero-order valence-corrected chi connectivity index (χ0v) is 16.5. The highest BCUT2D eigenvalue weighted by molar-refractivity contribution is 5.36. The van der Waals surface area contributed by atoms with Gasteiger partial charge in [0, 0.05) is 11.6 Å². The number of hydrogen-bond acceptors (Lipinski definition) is 2. The molecule has 0 radical (unpaired) electrons. The first kappa shape index (κ1) is 19.0. The predicted molar refractivity (Wildman–Crippen MR) is 108 cm³/mol. The van der Waals surface area contributed by atoms with E-state index >= 15 is 0 Å². The zero-order valence-electron chi connectivity index (χ0n) is 16.5. The molecule has 2 heteroatoms. The van der Waals surface area contributed by atoms with Crippen LogP contribution in [-0.4, -0.2) is 12.1 Å². The minimum atomic E-state index is -0.0337. The fourth-order valence-electron chi connectivity index (χ4n) is 5.91. The van der Waals surface area contributed by atoms with Crippen molar-refractivity contribution >= 4 is 0 Å². The van der Waals surface area contributed by atoms with Gasteiger partial charge in [0.05, 0.1) is 5.54 Å². The predicted octanol–water partition coefficient (Wildman–Crippen LogP) is 5.84. The number of nitrogens with one attached hydrogen (secondary N) is 1. The number of rotatable bonds is 9. The van der Waals surface area contributed by atoms with Crippen LogP contribution in [0.2, 0.25) is 0 Å². The monoisotopic (exact) mass is 344 g/mol. The summed E-state index contributed by atoms with van der Waals surface area (Å²) in [5.74, 6) is 1.30. The summed E-state index contributed by atoms with van der Waals surface area (Å²) >= 11 is 0. The van der Waals surface area contributed by atoms with Gasteiger partial charge in [-0.3, -0.25) is 0 Å². The fourth-order valence-corrected chi connectivity index (χ4v) is 5.91. The van der Waals surface area contributed by atoms with Gasteiger partial charge in [-0.05, 0) is 63.8 Å². The average molecular weight is 345 g/mol. The van der Waals surface area contributed by atoms with Crippen molar-refractivity contribution in [2.45, 2.75) is 102 Å². The Labute approximate surface area is 155 Å². The fraction of sp³-hybridized carbons (Fsp3) is 0.826. The summed E-state index contributed by atoms with van der Waals surface area (Å²) in [7, 11) is 0. The molecule has 0 aliphatic heterocycles. The lowest BCUT2D eigenvalue weighted by atomic mass is 9.58. The maximum Gasteiger partial charge on any atom is 0.0669 e. The van der Waals surface area contributed by atoms with Crippen LogP contribution >= 0.6 is 0 Å². The van der Waals surface area contributed by atoms with Gasteiger partial charge in [0.25, 0.3) is 0 Å². The molecule has 0 aromatic rings. The van der Waals surface area contributed by atoms with Gasteiger partial charge >= 0.3 is 0 Å². The zero-order chi connectivity index (χ0) is 17.7. The molecular formula is C23H40N2. The third-order valence-electron chi connectivity index (χ3n) is 7.32. The Hall–Kier alpha value is -0.760. The van der Waals surface area contributed by atoms with Gasteiger partial charge in [-0.15, -0.1) is 0 Å². The molecule has 142 valence electrons. The van der Waals surface area contributed by atoms with Crippen LogP contribution in [0.5, 0.6) is 0 Å². The van der Waals surface area contributed by atoms with Crippen LogP contribution in [0.25, 0.3) is 0 Å². The van der Waals surface area contributed by atoms with Crippen molar-refractivity contribution < 1.29 is 0 Å². The van der Waals surface area contributed by atoms with E-state index in [4.69, 9.17) is 5.73 Å². The second kappa shape index (κ2) is 8.75. The van der Waals surface area contributed by atoms with Gasteiger partial charge in [-0.25, -0.2) is 0 Å². The molecule has 2 atom stereocenters. The molecule has 0 heterocycles. The molecule has 3 aliphatic rings. The smallest absolute Gasteiger partial charge is 0.0669 e. The summed E-state index contributed by atoms with van der Waals surface area (Å²) in [5.41, 5.74) is 11.1. The molecule has 3 rings (SSSR count). The molecule has 0 amide bonds. The maximum absolute atomic E-state index is 6.63. The first-order valence-corrected chi connectivity index (χ1v) is 11.1. The Morgan fingerprint density at radius 3 is 2.48 bits per heavy atom. The van der Waals surface area contributed by atoms with Gasteiger partial charge in [0.1, 0.15) is 0 Å². The molecule has 3 aliphatic carbocycles. The van der Waals surface area contributed by atoms with Crippen molar-refractivity contribution in [1.29, 1.82) is 0 Å². The van der Waals surface area contributed by atoms with Crippen LogP contribution in [0.4, 0.5) is 0 Å². The van der Waals surface area contributed by atoms with Crippen molar-refractivity contribution in [1.82, 2.24) is 5.32 Å². The Morgan fingerprint density at radius 2 is 1.84 bits per heavy atom. The molecule has 0 saturated heterocycles. The summed E-state index contributed by atoms with van der Waals surface area (Å²) < 4.78 is 0. The van der Waals surface area contributed by atoms with E-state index in [1.54, 1.807) is 11.1 Å². The van der Waals surface area contributed by atoms with Gasteiger partial charge in [0.2, 0.25) is 0 Å². The maximum atomic E-state index is 6.63. The van der Waals surface area contributed by atoms with Gasteiger partial charge in [-0.1, -0.05) is 63.2 Å². The van der Waals surface area contributed by atoms with E-state index in [0.717, 1.165) is 12.2 Å². The highest BCUT2D eigenvalue weighted by Crippen LogP contribution is 2.52. The molecule has 0 aromatic heterocycles. The molecule has 0 bridgehead atoms. The topological polar surface area (TPSA) is 38.0 Å². The summed E-state index contributed by atoms with van der Waals surface area (Å²) in [4.78, 5) is 0. The Bertz CT molecular complexity index is 486. The Balaban J connectivity index is 1.82. The van der Waals surface area contributed by atoms with E-state index in [-0.39, 0.29) is 5.54 Å². The number of unbranched alkanes of at least 4 members (excludes halogenated alkanes) is 3. The minimum absolute atomic E-state index is 0.0337. The highest BCUT2D eigenvalue weighted by Gasteiger charge is 2.49. The largest absolute Gasteiger partial charge is 0.401 e. The van der Waals surface area contributed by atoms with E-state index in [9.17, 15) is 0 Å². The second-order valence-electron chi connectivity index (χ2n) is 8.79. The van der Waals surface area contributed by atoms with Crippen molar-refractivity contribution in [3.8, 4) is 0 Å². The van der Waals surface area contributed by atoms with E-state index < -0.39 is 0 Å². The molecule has 0 spiro atoms. The lowest BCUT2D eigenvalue weighted by Crippen LogP contribution is -2.61. The quantitative estimate of drug-likeness (QED) is 0.407. The van der Waals surface area contributed by atoms with Crippen molar-refractivity contribution in [2.24, 2.45) is 17.6 Å². The average Bonchev–Trinajstić information content (AvgIpc) is 2.60. The van der Waals surface area contributed by atoms with Crippen LogP contribution in [-0.2, 0) is 0 Å². The summed E-state index contributed by atoms with van der Waals surface area (Å²) in [6.07, 6.45) is 18.7. The van der Waals surface area contributed by atoms with Crippen LogP contribution in [0, 0.1) is 11.8 Å². The number of allylic oxidation sites excluding steroid dienone is 1. The lowest BCUT2D eigenvalue weighted by molar-refractivity contribution is 0.124. The molecule has 25 heavy (non-hydrogen) atoms. The first-order valence-electron chi connectivity index (χ1n) is 11.1. The van der Waals surface area contributed by atoms with E-state index in [0.29, 0.717) is 11.8 Å². The van der Waals surface area contributed by atoms with E-state index in [1.807, 2.05) is 0 Å². The van der Waals surface area contributed by atoms with Crippen molar-refractivity contribution in [2.75, 3.05) is 6.54 Å². The van der Waals surface area contributed by atoms with E-state index in [2.05, 4.69) is 18.8 Å². The highest BCUT2D eigenvalue weighted by atomic mass is 15.0. The first-order chi connectivity index (χ1) is 12.2. The second-order valence-corrected chi connectivity index (χ2v) is 8.79. The standard InChI is InChI=1S/C23H40N2/c1-3-4-5-9-17-25-23(18(2)24,20-12-7-6-8-13-20)22-14-10-11-19-15-16-21(19)22/h20,22,25H,2-17,24H2,1H3. The van der Waals surface area contributed by atoms with Crippen molar-refractivity contribution in [3.63, 3.8) is 0 Å². The number of hydrogen-bond donors (Lipinski definition) is 2. The van der Waals surface area contributed by atoms with Crippen molar-refractivity contribution in [3.05, 3.63) is 23.4 Å². The molecule has 3 N–H and O–H groups in total. The number of nitrogens with two attached hydrogens (primary N) is 1. The SMILES string of the molecule is C=C(N)C(NCCCCCC)(C1CCCCC1)C1CCCC2=C1CC2. The molecule has 0 aromatic carbocycles.